The van der Waals surface area contributed by atoms with Crippen LogP contribution in [0, 0.1) is 0 Å². The Kier molecular flexibility index (Phi) is 8.61. The van der Waals surface area contributed by atoms with Crippen molar-refractivity contribution in [2.75, 3.05) is 7.05 Å². The van der Waals surface area contributed by atoms with E-state index >= 15 is 0 Å². The number of carbonyl (C=O) groups excluding carboxylic acids is 3. The molecule has 0 aliphatic carbocycles. The monoisotopic (exact) mass is 425 g/mol. The highest BCUT2D eigenvalue weighted by Crippen LogP contribution is 2.10. The Morgan fingerprint density at radius 2 is 1.23 bits per heavy atom. The lowest BCUT2D eigenvalue weighted by atomic mass is 10.0. The number of carbonyl (C=O) groups is 3. The molecule has 0 fully saturated rings. The zero-order valence-corrected chi connectivity index (χ0v) is 18.5. The minimum atomic E-state index is -0.903. The molecular formula is C24H31N3O4. The summed E-state index contributed by atoms with van der Waals surface area (Å²) in [5, 5.41) is 8.01. The van der Waals surface area contributed by atoms with Gasteiger partial charge in [-0.2, -0.15) is 0 Å². The number of benzene rings is 2. The van der Waals surface area contributed by atoms with E-state index in [2.05, 4.69) is 16.0 Å². The van der Waals surface area contributed by atoms with Gasteiger partial charge in [0.05, 0.1) is 0 Å². The molecule has 3 amide bonds. The summed E-state index contributed by atoms with van der Waals surface area (Å²) in [5.74, 6) is -0.771. The fourth-order valence-electron chi connectivity index (χ4n) is 3.01. The molecule has 0 aliphatic heterocycles. The second-order valence-corrected chi connectivity index (χ2v) is 8.25. The molecule has 0 radical (unpaired) electrons. The Morgan fingerprint density at radius 3 is 1.65 bits per heavy atom. The summed E-state index contributed by atoms with van der Waals surface area (Å²) < 4.78 is 5.32. The van der Waals surface area contributed by atoms with Gasteiger partial charge in [0.15, 0.2) is 0 Å². The molecule has 7 nitrogen and oxygen atoms in total. The summed E-state index contributed by atoms with van der Waals surface area (Å²) in [4.78, 5) is 37.9. The Labute approximate surface area is 183 Å². The van der Waals surface area contributed by atoms with Crippen LogP contribution in [0.25, 0.3) is 0 Å². The molecule has 0 saturated heterocycles. The molecule has 3 N–H and O–H groups in total. The van der Waals surface area contributed by atoms with Gasteiger partial charge < -0.3 is 20.7 Å². The zero-order chi connectivity index (χ0) is 22.9. The van der Waals surface area contributed by atoms with Crippen molar-refractivity contribution in [3.63, 3.8) is 0 Å². The highest BCUT2D eigenvalue weighted by Gasteiger charge is 2.28. The van der Waals surface area contributed by atoms with E-state index in [1.807, 2.05) is 60.7 Å². The molecular weight excluding hydrogens is 394 g/mol. The zero-order valence-electron chi connectivity index (χ0n) is 18.5. The molecule has 0 aromatic heterocycles. The fourth-order valence-corrected chi connectivity index (χ4v) is 3.01. The third-order valence-corrected chi connectivity index (χ3v) is 4.45. The van der Waals surface area contributed by atoms with Crippen LogP contribution in [0.4, 0.5) is 4.79 Å². The van der Waals surface area contributed by atoms with E-state index < -0.39 is 29.7 Å². The maximum absolute atomic E-state index is 13.1. The van der Waals surface area contributed by atoms with Gasteiger partial charge in [-0.15, -0.1) is 0 Å². The lowest BCUT2D eigenvalue weighted by Crippen LogP contribution is -2.55. The van der Waals surface area contributed by atoms with Crippen LogP contribution in [0.15, 0.2) is 60.7 Å². The average molecular weight is 426 g/mol. The minimum Gasteiger partial charge on any atom is -0.444 e. The van der Waals surface area contributed by atoms with Crippen LogP contribution in [-0.4, -0.2) is 42.6 Å². The molecule has 2 rings (SSSR count). The Bertz CT molecular complexity index is 863. The van der Waals surface area contributed by atoms with Crippen LogP contribution in [0.3, 0.4) is 0 Å². The van der Waals surface area contributed by atoms with Gasteiger partial charge in [-0.1, -0.05) is 60.7 Å². The summed E-state index contributed by atoms with van der Waals surface area (Å²) in [6, 6.07) is 17.1. The van der Waals surface area contributed by atoms with Crippen molar-refractivity contribution in [1.82, 2.24) is 16.0 Å². The second-order valence-electron chi connectivity index (χ2n) is 8.25. The first-order chi connectivity index (χ1) is 14.7. The predicted octanol–water partition coefficient (Wildman–Crippen LogP) is 2.60. The molecule has 2 aromatic rings. The highest BCUT2D eigenvalue weighted by atomic mass is 16.6. The topological polar surface area (TPSA) is 96.5 Å². The maximum atomic E-state index is 13.1. The van der Waals surface area contributed by atoms with E-state index in [9.17, 15) is 14.4 Å². The van der Waals surface area contributed by atoms with Crippen LogP contribution in [0.5, 0.6) is 0 Å². The van der Waals surface area contributed by atoms with Crippen LogP contribution < -0.4 is 16.0 Å². The molecule has 2 aromatic carbocycles. The summed E-state index contributed by atoms with van der Waals surface area (Å²) in [6.07, 6.45) is -0.0998. The molecule has 0 saturated carbocycles. The number of hydrogen-bond acceptors (Lipinski definition) is 4. The third-order valence-electron chi connectivity index (χ3n) is 4.45. The standard InChI is InChI=1S/C24H31N3O4/c1-24(2,3)31-23(30)27-20(16-18-13-9-6-10-14-18)22(29)26-19(21(28)25-4)15-17-11-7-5-8-12-17/h5-14,19-20H,15-16H2,1-4H3,(H,25,28)(H,26,29)(H,27,30)/t19-,20-/m1/s1. The van der Waals surface area contributed by atoms with E-state index in [-0.39, 0.29) is 12.3 Å². The molecule has 0 unspecified atom stereocenters. The third kappa shape index (κ3) is 8.50. The molecule has 0 bridgehead atoms. The number of alkyl carbamates (subject to hydrolysis) is 1. The quantitative estimate of drug-likeness (QED) is 0.606. The largest absolute Gasteiger partial charge is 0.444 e. The van der Waals surface area contributed by atoms with Gasteiger partial charge in [-0.25, -0.2) is 4.79 Å². The summed E-state index contributed by atoms with van der Waals surface area (Å²) in [6.45, 7) is 5.25. The van der Waals surface area contributed by atoms with Gasteiger partial charge in [0.25, 0.3) is 0 Å². The Balaban J connectivity index is 2.17. The lowest BCUT2D eigenvalue weighted by molar-refractivity contribution is -0.129. The van der Waals surface area contributed by atoms with E-state index in [1.54, 1.807) is 20.8 Å². The van der Waals surface area contributed by atoms with Gasteiger partial charge in [-0.3, -0.25) is 9.59 Å². The first kappa shape index (κ1) is 23.9. The van der Waals surface area contributed by atoms with Crippen LogP contribution >= 0.6 is 0 Å². The number of likely N-dealkylation sites (N-methyl/N-ethyl adjacent to an activating group) is 1. The van der Waals surface area contributed by atoms with Gasteiger partial charge in [0.1, 0.15) is 17.7 Å². The van der Waals surface area contributed by atoms with Gasteiger partial charge in [-0.05, 0) is 31.9 Å². The van der Waals surface area contributed by atoms with E-state index in [4.69, 9.17) is 4.74 Å². The average Bonchev–Trinajstić information content (AvgIpc) is 2.72. The van der Waals surface area contributed by atoms with E-state index in [0.29, 0.717) is 6.42 Å². The molecule has 0 aliphatic rings. The van der Waals surface area contributed by atoms with Crippen LogP contribution in [-0.2, 0) is 27.2 Å². The summed E-state index contributed by atoms with van der Waals surface area (Å²) in [7, 11) is 1.52. The second kappa shape index (κ2) is 11.2. The van der Waals surface area contributed by atoms with Gasteiger partial charge in [0.2, 0.25) is 11.8 Å². The molecule has 0 heterocycles. The van der Waals surface area contributed by atoms with E-state index in [0.717, 1.165) is 11.1 Å². The maximum Gasteiger partial charge on any atom is 0.408 e. The summed E-state index contributed by atoms with van der Waals surface area (Å²) in [5.41, 5.74) is 1.09. The smallest absolute Gasteiger partial charge is 0.408 e. The normalized spacial score (nSPS) is 12.9. The van der Waals surface area contributed by atoms with E-state index in [1.165, 1.54) is 7.05 Å². The number of nitrogens with one attached hydrogen (secondary N) is 3. The number of hydrogen-bond donors (Lipinski definition) is 3. The minimum absolute atomic E-state index is 0.262. The highest BCUT2D eigenvalue weighted by molar-refractivity contribution is 5.91. The Hall–Kier alpha value is -3.35. The lowest BCUT2D eigenvalue weighted by Gasteiger charge is -2.25. The first-order valence-corrected chi connectivity index (χ1v) is 10.3. The number of rotatable bonds is 8. The Morgan fingerprint density at radius 1 is 0.774 bits per heavy atom. The predicted molar refractivity (Wildman–Crippen MR) is 119 cm³/mol. The fraction of sp³-hybridized carbons (Fsp3) is 0.375. The van der Waals surface area contributed by atoms with Crippen molar-refractivity contribution in [1.29, 1.82) is 0 Å². The molecule has 7 heteroatoms. The van der Waals surface area contributed by atoms with Crippen LogP contribution in [0.2, 0.25) is 0 Å². The molecule has 0 spiro atoms. The van der Waals surface area contributed by atoms with Gasteiger partial charge >= 0.3 is 6.09 Å². The van der Waals surface area contributed by atoms with Crippen LogP contribution in [0.1, 0.15) is 31.9 Å². The van der Waals surface area contributed by atoms with Crippen molar-refractivity contribution in [3.05, 3.63) is 71.8 Å². The number of amides is 3. The molecule has 31 heavy (non-hydrogen) atoms. The summed E-state index contributed by atoms with van der Waals surface area (Å²) >= 11 is 0. The first-order valence-electron chi connectivity index (χ1n) is 10.3. The van der Waals surface area contributed by atoms with Crippen molar-refractivity contribution >= 4 is 17.9 Å². The molecule has 166 valence electrons. The van der Waals surface area contributed by atoms with Crippen molar-refractivity contribution in [2.45, 2.75) is 51.3 Å². The van der Waals surface area contributed by atoms with Crippen molar-refractivity contribution in [2.24, 2.45) is 0 Å². The number of ether oxygens (including phenoxy) is 1. The van der Waals surface area contributed by atoms with Gasteiger partial charge in [0, 0.05) is 19.9 Å². The molecule has 2 atom stereocenters. The SMILES string of the molecule is CNC(=O)[C@@H](Cc1ccccc1)NC(=O)[C@@H](Cc1ccccc1)NC(=O)OC(C)(C)C. The van der Waals surface area contributed by atoms with Crippen molar-refractivity contribution in [3.8, 4) is 0 Å². The van der Waals surface area contributed by atoms with Crippen molar-refractivity contribution < 1.29 is 19.1 Å².